The number of nitrogens with zero attached hydrogens (tertiary/aromatic N) is 1. The van der Waals surface area contributed by atoms with Crippen molar-refractivity contribution in [2.24, 2.45) is 0 Å². The number of rotatable bonds is 4. The van der Waals surface area contributed by atoms with Crippen LogP contribution in [0.4, 0.5) is 11.4 Å². The first kappa shape index (κ1) is 13.2. The summed E-state index contributed by atoms with van der Waals surface area (Å²) >= 11 is 0. The molecule has 0 aliphatic carbocycles. The van der Waals surface area contributed by atoms with Gasteiger partial charge < -0.3 is 10.2 Å². The monoisotopic (exact) mass is 268 g/mol. The topological polar surface area (TPSA) is 49.4 Å². The molecular formula is C13H20N2O2S. The molecule has 0 amide bonds. The van der Waals surface area contributed by atoms with E-state index in [1.165, 1.54) is 17.5 Å². The van der Waals surface area contributed by atoms with E-state index >= 15 is 0 Å². The van der Waals surface area contributed by atoms with Crippen LogP contribution in [-0.4, -0.2) is 40.6 Å². The predicted molar refractivity (Wildman–Crippen MR) is 76.2 cm³/mol. The molecule has 0 spiro atoms. The number of fused-ring (bicyclic) bond motifs is 1. The Morgan fingerprint density at radius 2 is 2.17 bits per heavy atom. The molecule has 0 aromatic heterocycles. The minimum absolute atomic E-state index is 0.188. The molecule has 1 heterocycles. The summed E-state index contributed by atoms with van der Waals surface area (Å²) in [6.45, 7) is 1.51. The number of aryl methyl sites for hydroxylation is 1. The number of sulfone groups is 1. The highest BCUT2D eigenvalue weighted by atomic mass is 32.2. The number of nitrogens with one attached hydrogen (secondary N) is 1. The zero-order valence-corrected chi connectivity index (χ0v) is 11.8. The average Bonchev–Trinajstić information content (AvgIpc) is 2.34. The number of anilines is 2. The van der Waals surface area contributed by atoms with Crippen molar-refractivity contribution in [3.8, 4) is 0 Å². The number of para-hydroxylation sites is 1. The second-order valence-electron chi connectivity index (χ2n) is 4.89. The van der Waals surface area contributed by atoms with Crippen molar-refractivity contribution in [2.45, 2.75) is 12.8 Å². The van der Waals surface area contributed by atoms with Gasteiger partial charge in [0.2, 0.25) is 0 Å². The number of hydrogen-bond donors (Lipinski definition) is 1. The van der Waals surface area contributed by atoms with Crippen LogP contribution in [0.25, 0.3) is 0 Å². The van der Waals surface area contributed by atoms with Gasteiger partial charge in [0.15, 0.2) is 0 Å². The first-order valence-corrected chi connectivity index (χ1v) is 8.28. The van der Waals surface area contributed by atoms with Crippen molar-refractivity contribution in [1.82, 2.24) is 0 Å². The minimum atomic E-state index is -2.91. The van der Waals surface area contributed by atoms with Crippen molar-refractivity contribution in [3.05, 3.63) is 23.8 Å². The van der Waals surface area contributed by atoms with Gasteiger partial charge in [-0.05, 0) is 24.5 Å². The molecule has 2 rings (SSSR count). The average molecular weight is 268 g/mol. The molecule has 0 unspecified atom stereocenters. The molecule has 1 aliphatic rings. The van der Waals surface area contributed by atoms with Crippen molar-refractivity contribution in [2.75, 3.05) is 42.4 Å². The van der Waals surface area contributed by atoms with E-state index in [4.69, 9.17) is 0 Å². The number of benzene rings is 1. The second-order valence-corrected chi connectivity index (χ2v) is 7.15. The largest absolute Gasteiger partial charge is 0.383 e. The Bertz CT molecular complexity index is 526. The second kappa shape index (κ2) is 5.18. The molecule has 0 saturated heterocycles. The van der Waals surface area contributed by atoms with E-state index in [1.54, 1.807) is 0 Å². The lowest BCUT2D eigenvalue weighted by atomic mass is 10.0. The molecule has 4 nitrogen and oxygen atoms in total. The van der Waals surface area contributed by atoms with Crippen LogP contribution in [0.5, 0.6) is 0 Å². The summed E-state index contributed by atoms with van der Waals surface area (Å²) < 4.78 is 22.4. The first-order chi connectivity index (χ1) is 8.47. The molecule has 1 aromatic carbocycles. The van der Waals surface area contributed by atoms with Gasteiger partial charge in [-0.15, -0.1) is 0 Å². The molecule has 0 atom stereocenters. The molecule has 1 aromatic rings. The Kier molecular flexibility index (Phi) is 3.80. The Hall–Kier alpha value is -1.23. The molecule has 0 bridgehead atoms. The Morgan fingerprint density at radius 3 is 2.89 bits per heavy atom. The lowest BCUT2D eigenvalue weighted by Crippen LogP contribution is -2.26. The molecular weight excluding hydrogens is 248 g/mol. The predicted octanol–water partition coefficient (Wildman–Crippen LogP) is 1.53. The summed E-state index contributed by atoms with van der Waals surface area (Å²) in [4.78, 5) is 2.01. The normalized spacial score (nSPS) is 14.8. The van der Waals surface area contributed by atoms with Gasteiger partial charge in [-0.2, -0.15) is 0 Å². The van der Waals surface area contributed by atoms with Crippen molar-refractivity contribution >= 4 is 21.2 Å². The van der Waals surface area contributed by atoms with Crippen LogP contribution in [-0.2, 0) is 16.3 Å². The van der Waals surface area contributed by atoms with E-state index in [-0.39, 0.29) is 5.75 Å². The standard InChI is InChI=1S/C13H20N2O2S/c1-15(9-10-18(2,16)17)12-7-3-5-11-6-4-8-14-13(11)12/h3,5,7,14H,4,6,8-10H2,1-2H3. The SMILES string of the molecule is CN(CCS(C)(=O)=O)c1cccc2c1NCCC2. The van der Waals surface area contributed by atoms with Gasteiger partial charge in [-0.3, -0.25) is 0 Å². The Morgan fingerprint density at radius 1 is 1.39 bits per heavy atom. The molecule has 100 valence electrons. The lowest BCUT2D eigenvalue weighted by Gasteiger charge is -2.27. The van der Waals surface area contributed by atoms with Gasteiger partial charge in [0.25, 0.3) is 0 Å². The summed E-state index contributed by atoms with van der Waals surface area (Å²) in [6.07, 6.45) is 3.53. The molecule has 0 fully saturated rings. The van der Waals surface area contributed by atoms with Gasteiger partial charge in [0, 0.05) is 26.4 Å². The maximum Gasteiger partial charge on any atom is 0.149 e. The highest BCUT2D eigenvalue weighted by Crippen LogP contribution is 2.32. The van der Waals surface area contributed by atoms with Crippen LogP contribution in [0, 0.1) is 0 Å². The third kappa shape index (κ3) is 3.16. The van der Waals surface area contributed by atoms with E-state index in [2.05, 4.69) is 11.4 Å². The van der Waals surface area contributed by atoms with Crippen LogP contribution in [0.3, 0.4) is 0 Å². The molecule has 0 radical (unpaired) electrons. The van der Waals surface area contributed by atoms with E-state index < -0.39 is 9.84 Å². The van der Waals surface area contributed by atoms with Gasteiger partial charge in [-0.25, -0.2) is 8.42 Å². The smallest absolute Gasteiger partial charge is 0.149 e. The maximum absolute atomic E-state index is 11.2. The summed E-state index contributed by atoms with van der Waals surface area (Å²) in [5.41, 5.74) is 3.58. The quantitative estimate of drug-likeness (QED) is 0.899. The third-order valence-electron chi connectivity index (χ3n) is 3.26. The van der Waals surface area contributed by atoms with Crippen molar-refractivity contribution < 1.29 is 8.42 Å². The van der Waals surface area contributed by atoms with E-state index in [0.717, 1.165) is 25.1 Å². The fourth-order valence-electron chi connectivity index (χ4n) is 2.23. The van der Waals surface area contributed by atoms with Crippen LogP contribution >= 0.6 is 0 Å². The van der Waals surface area contributed by atoms with Crippen LogP contribution in [0.2, 0.25) is 0 Å². The third-order valence-corrected chi connectivity index (χ3v) is 4.19. The van der Waals surface area contributed by atoms with Gasteiger partial charge in [0.1, 0.15) is 9.84 Å². The van der Waals surface area contributed by atoms with Crippen molar-refractivity contribution in [1.29, 1.82) is 0 Å². The van der Waals surface area contributed by atoms with Gasteiger partial charge in [0.05, 0.1) is 17.1 Å². The van der Waals surface area contributed by atoms with E-state index in [0.29, 0.717) is 6.54 Å². The fourth-order valence-corrected chi connectivity index (χ4v) is 2.84. The summed E-state index contributed by atoms with van der Waals surface area (Å²) in [6, 6.07) is 6.22. The highest BCUT2D eigenvalue weighted by Gasteiger charge is 2.15. The molecule has 18 heavy (non-hydrogen) atoms. The van der Waals surface area contributed by atoms with Crippen LogP contribution in [0.15, 0.2) is 18.2 Å². The maximum atomic E-state index is 11.2. The lowest BCUT2D eigenvalue weighted by molar-refractivity contribution is 0.601. The molecule has 1 N–H and O–H groups in total. The molecule has 5 heteroatoms. The van der Waals surface area contributed by atoms with Crippen LogP contribution < -0.4 is 10.2 Å². The zero-order chi connectivity index (χ0) is 13.2. The number of hydrogen-bond acceptors (Lipinski definition) is 4. The van der Waals surface area contributed by atoms with Gasteiger partial charge >= 0.3 is 0 Å². The highest BCUT2D eigenvalue weighted by molar-refractivity contribution is 7.90. The minimum Gasteiger partial charge on any atom is -0.383 e. The summed E-state index contributed by atoms with van der Waals surface area (Å²) in [7, 11) is -0.969. The molecule has 1 aliphatic heterocycles. The zero-order valence-electron chi connectivity index (χ0n) is 10.9. The van der Waals surface area contributed by atoms with E-state index in [9.17, 15) is 8.42 Å². The van der Waals surface area contributed by atoms with Crippen LogP contribution in [0.1, 0.15) is 12.0 Å². The summed E-state index contributed by atoms with van der Waals surface area (Å²) in [5.74, 6) is 0.188. The first-order valence-electron chi connectivity index (χ1n) is 6.22. The Labute approximate surface area is 109 Å². The van der Waals surface area contributed by atoms with E-state index in [1.807, 2.05) is 24.1 Å². The summed E-state index contributed by atoms with van der Waals surface area (Å²) in [5, 5.41) is 3.42. The van der Waals surface area contributed by atoms with Crippen molar-refractivity contribution in [3.63, 3.8) is 0 Å². The molecule has 0 saturated carbocycles. The fraction of sp³-hybridized carbons (Fsp3) is 0.538. The van der Waals surface area contributed by atoms with Gasteiger partial charge in [-0.1, -0.05) is 12.1 Å². The Balaban J connectivity index is 2.17.